The van der Waals surface area contributed by atoms with Crippen LogP contribution in [0.5, 0.6) is 0 Å². The van der Waals surface area contributed by atoms with Gasteiger partial charge in [-0.25, -0.2) is 0 Å². The minimum absolute atomic E-state index is 0.242. The van der Waals surface area contributed by atoms with Gasteiger partial charge in [-0.2, -0.15) is 0 Å². The third-order valence-electron chi connectivity index (χ3n) is 5.54. The summed E-state index contributed by atoms with van der Waals surface area (Å²) in [7, 11) is 0.242. The molecule has 0 amide bonds. The summed E-state index contributed by atoms with van der Waals surface area (Å²) < 4.78 is 4.31. The molecule has 4 aromatic carbocycles. The molecule has 0 radical (unpaired) electrons. The Morgan fingerprint density at radius 3 is 1.58 bits per heavy atom. The van der Waals surface area contributed by atoms with E-state index in [4.69, 9.17) is 11.5 Å². The highest BCUT2D eigenvalue weighted by molar-refractivity contribution is 7.45. The number of aromatic nitrogens is 1. The molecule has 4 N–H and O–H groups in total. The fourth-order valence-corrected chi connectivity index (χ4v) is 5.02. The molecule has 162 valence electrons. The average molecular weight is 449 g/mol. The molecule has 1 heterocycles. The summed E-state index contributed by atoms with van der Waals surface area (Å²) in [6.07, 6.45) is 3.81. The standard InChI is InChI=1S/C28H25N4P/c29-27(31-25-17-9-7-15-23(25)24-16-8-10-18-26(24)31)19-20-28(30)33-32(21-11-3-1-4-12-21)22-13-5-2-6-14-22/h1-20,33H,29-30H2/b27-19+,28-20+. The van der Waals surface area contributed by atoms with Crippen LogP contribution in [0.15, 0.2) is 127 Å². The summed E-state index contributed by atoms with van der Waals surface area (Å²) in [6, 6.07) is 37.2. The molecule has 5 heteroatoms. The van der Waals surface area contributed by atoms with Crippen molar-refractivity contribution in [1.82, 2.24) is 4.57 Å². The molecule has 5 rings (SSSR count). The zero-order valence-corrected chi connectivity index (χ0v) is 19.1. The van der Waals surface area contributed by atoms with E-state index in [0.29, 0.717) is 5.82 Å². The van der Waals surface area contributed by atoms with Gasteiger partial charge in [0.05, 0.1) is 16.5 Å². The Hall–Kier alpha value is -4.01. The smallest absolute Gasteiger partial charge is 0.108 e. The summed E-state index contributed by atoms with van der Waals surface area (Å²) >= 11 is 0. The topological polar surface area (TPSA) is 60.2 Å². The fraction of sp³-hybridized carbons (Fsp3) is 0. The summed E-state index contributed by atoms with van der Waals surface area (Å²) in [6.45, 7) is 0. The van der Waals surface area contributed by atoms with Crippen LogP contribution in [0.25, 0.3) is 27.6 Å². The first kappa shape index (κ1) is 20.9. The molecule has 0 fully saturated rings. The number of para-hydroxylation sites is 4. The minimum Gasteiger partial charge on any atom is -0.397 e. The maximum atomic E-state index is 6.59. The Labute approximate surface area is 195 Å². The van der Waals surface area contributed by atoms with E-state index in [9.17, 15) is 0 Å². The van der Waals surface area contributed by atoms with E-state index in [1.165, 1.54) is 10.8 Å². The van der Waals surface area contributed by atoms with Gasteiger partial charge in [-0.05, 0) is 48.6 Å². The van der Waals surface area contributed by atoms with Crippen LogP contribution in [0, 0.1) is 0 Å². The highest BCUT2D eigenvalue weighted by Crippen LogP contribution is 2.39. The quantitative estimate of drug-likeness (QED) is 0.222. The van der Waals surface area contributed by atoms with Crippen molar-refractivity contribution in [3.8, 4) is 0 Å². The van der Waals surface area contributed by atoms with Crippen LogP contribution < -0.4 is 16.1 Å². The Balaban J connectivity index is 1.50. The number of hydrogen-bond acceptors (Lipinski definition) is 3. The minimum atomic E-state index is 0.242. The Morgan fingerprint density at radius 1 is 0.606 bits per heavy atom. The molecule has 1 unspecified atom stereocenters. The lowest BCUT2D eigenvalue weighted by Crippen LogP contribution is -2.08. The first-order chi connectivity index (χ1) is 16.2. The van der Waals surface area contributed by atoms with Crippen molar-refractivity contribution in [2.75, 3.05) is 4.67 Å². The summed E-state index contributed by atoms with van der Waals surface area (Å²) in [4.78, 5) is 0. The molecular weight excluding hydrogens is 423 g/mol. The molecular formula is C28H25N4P. The van der Waals surface area contributed by atoms with E-state index in [-0.39, 0.29) is 8.73 Å². The van der Waals surface area contributed by atoms with Gasteiger partial charge in [0, 0.05) is 30.9 Å². The number of allylic oxidation sites excluding steroid dienone is 2. The maximum absolute atomic E-state index is 6.59. The van der Waals surface area contributed by atoms with E-state index in [1.807, 2.05) is 60.7 Å². The van der Waals surface area contributed by atoms with Crippen molar-refractivity contribution in [3.05, 3.63) is 127 Å². The van der Waals surface area contributed by atoms with Crippen LogP contribution in [0.4, 0.5) is 11.4 Å². The molecule has 1 atom stereocenters. The van der Waals surface area contributed by atoms with Crippen LogP contribution in [0.1, 0.15) is 0 Å². The van der Waals surface area contributed by atoms with Crippen molar-refractivity contribution >= 4 is 47.7 Å². The van der Waals surface area contributed by atoms with E-state index in [2.05, 4.69) is 69.9 Å². The second-order valence-electron chi connectivity index (χ2n) is 7.70. The number of rotatable bonds is 6. The number of benzene rings is 4. The number of anilines is 2. The van der Waals surface area contributed by atoms with E-state index >= 15 is 0 Å². The SMILES string of the molecule is N/C(=C\C=C(/N)n1c2ccccc2c2ccccc21)PN(c1ccccc1)c1ccccc1. The first-order valence-electron chi connectivity index (χ1n) is 10.8. The molecule has 5 aromatic rings. The highest BCUT2D eigenvalue weighted by atomic mass is 31.1. The maximum Gasteiger partial charge on any atom is 0.108 e. The monoisotopic (exact) mass is 448 g/mol. The summed E-state index contributed by atoms with van der Waals surface area (Å²) in [5.74, 6) is 0.631. The molecule has 0 saturated heterocycles. The van der Waals surface area contributed by atoms with Crippen molar-refractivity contribution in [2.24, 2.45) is 11.5 Å². The molecule has 1 aromatic heterocycles. The lowest BCUT2D eigenvalue weighted by Gasteiger charge is -2.24. The molecule has 0 aliphatic carbocycles. The predicted octanol–water partition coefficient (Wildman–Crippen LogP) is 6.78. The largest absolute Gasteiger partial charge is 0.397 e. The van der Waals surface area contributed by atoms with E-state index in [0.717, 1.165) is 27.8 Å². The first-order valence-corrected chi connectivity index (χ1v) is 11.8. The second-order valence-corrected chi connectivity index (χ2v) is 8.95. The van der Waals surface area contributed by atoms with E-state index in [1.54, 1.807) is 0 Å². The summed E-state index contributed by atoms with van der Waals surface area (Å²) in [5.41, 5.74) is 18.2. The molecule has 0 bridgehead atoms. The lowest BCUT2D eigenvalue weighted by molar-refractivity contribution is 1.18. The van der Waals surface area contributed by atoms with Crippen molar-refractivity contribution < 1.29 is 0 Å². The van der Waals surface area contributed by atoms with Gasteiger partial charge in [-0.3, -0.25) is 4.57 Å². The Morgan fingerprint density at radius 2 is 1.06 bits per heavy atom. The van der Waals surface area contributed by atoms with Gasteiger partial charge in [0.1, 0.15) is 5.82 Å². The van der Waals surface area contributed by atoms with Gasteiger partial charge in [-0.15, -0.1) is 0 Å². The third-order valence-corrected chi connectivity index (χ3v) is 6.71. The van der Waals surface area contributed by atoms with Gasteiger partial charge in [-0.1, -0.05) is 72.8 Å². The van der Waals surface area contributed by atoms with Crippen LogP contribution in [0.2, 0.25) is 0 Å². The van der Waals surface area contributed by atoms with Gasteiger partial charge >= 0.3 is 0 Å². The van der Waals surface area contributed by atoms with Gasteiger partial charge in [0.25, 0.3) is 0 Å². The van der Waals surface area contributed by atoms with Crippen molar-refractivity contribution in [3.63, 3.8) is 0 Å². The normalized spacial score (nSPS) is 12.7. The molecule has 4 nitrogen and oxygen atoms in total. The molecule has 0 aliphatic rings. The average Bonchev–Trinajstić information content (AvgIpc) is 3.21. The van der Waals surface area contributed by atoms with E-state index < -0.39 is 0 Å². The lowest BCUT2D eigenvalue weighted by atomic mass is 10.2. The van der Waals surface area contributed by atoms with Crippen molar-refractivity contribution in [2.45, 2.75) is 0 Å². The molecule has 33 heavy (non-hydrogen) atoms. The molecule has 0 aliphatic heterocycles. The number of fused-ring (bicyclic) bond motifs is 3. The van der Waals surface area contributed by atoms with Gasteiger partial charge in [0.15, 0.2) is 0 Å². The van der Waals surface area contributed by atoms with Gasteiger partial charge < -0.3 is 16.1 Å². The summed E-state index contributed by atoms with van der Waals surface area (Å²) in [5, 5.41) is 2.37. The van der Waals surface area contributed by atoms with Crippen LogP contribution in [-0.4, -0.2) is 4.57 Å². The Bertz CT molecular complexity index is 1360. The predicted molar refractivity (Wildman–Crippen MR) is 144 cm³/mol. The number of hydrogen-bond donors (Lipinski definition) is 2. The molecule has 0 spiro atoms. The number of nitrogens with two attached hydrogens (primary N) is 2. The number of nitrogens with zero attached hydrogens (tertiary/aromatic N) is 2. The van der Waals surface area contributed by atoms with Crippen LogP contribution >= 0.6 is 8.73 Å². The van der Waals surface area contributed by atoms with Gasteiger partial charge in [0.2, 0.25) is 0 Å². The second kappa shape index (κ2) is 9.23. The molecule has 0 saturated carbocycles. The fourth-order valence-electron chi connectivity index (χ4n) is 4.05. The van der Waals surface area contributed by atoms with Crippen LogP contribution in [0.3, 0.4) is 0 Å². The zero-order valence-electron chi connectivity index (χ0n) is 18.1. The Kier molecular flexibility index (Phi) is 5.84. The zero-order chi connectivity index (χ0) is 22.6. The third kappa shape index (κ3) is 4.21. The van der Waals surface area contributed by atoms with Crippen molar-refractivity contribution in [1.29, 1.82) is 0 Å². The van der Waals surface area contributed by atoms with Crippen LogP contribution in [-0.2, 0) is 0 Å². The highest BCUT2D eigenvalue weighted by Gasteiger charge is 2.12.